The molecule has 1 saturated heterocycles. The summed E-state index contributed by atoms with van der Waals surface area (Å²) in [6, 6.07) is 6.15. The summed E-state index contributed by atoms with van der Waals surface area (Å²) < 4.78 is 11.4. The quantitative estimate of drug-likeness (QED) is 0.324. The fourth-order valence-corrected chi connectivity index (χ4v) is 4.21. The van der Waals surface area contributed by atoms with Gasteiger partial charge in [0.25, 0.3) is 0 Å². The first-order valence-corrected chi connectivity index (χ1v) is 11.3. The van der Waals surface area contributed by atoms with Crippen molar-refractivity contribution in [3.8, 4) is 5.75 Å². The monoisotopic (exact) mass is 442 g/mol. The molecule has 2 fully saturated rings. The van der Waals surface area contributed by atoms with Crippen LogP contribution in [0.15, 0.2) is 35.0 Å². The third-order valence-electron chi connectivity index (χ3n) is 6.39. The van der Waals surface area contributed by atoms with Gasteiger partial charge in [-0.1, -0.05) is 0 Å². The molecule has 0 amide bonds. The Morgan fingerprint density at radius 1 is 1.38 bits per heavy atom. The molecule has 2 atom stereocenters. The van der Waals surface area contributed by atoms with Crippen molar-refractivity contribution in [3.05, 3.63) is 35.5 Å². The molecule has 1 heterocycles. The van der Waals surface area contributed by atoms with E-state index in [1.165, 1.54) is 0 Å². The SMILES string of the molecule is C/N=C(\C=C(/N)C(=N)c1cc(OC2(C)CC2)ccc1N)N1CCN(C(C)COC)[C@H](C)C1. The normalized spacial score (nSPS) is 22.5. The molecule has 3 rings (SSSR count). The van der Waals surface area contributed by atoms with E-state index in [0.29, 0.717) is 41.4 Å². The number of anilines is 1. The van der Waals surface area contributed by atoms with Gasteiger partial charge in [0.15, 0.2) is 0 Å². The maximum atomic E-state index is 8.65. The summed E-state index contributed by atoms with van der Waals surface area (Å²) in [5, 5.41) is 8.65. The predicted octanol–water partition coefficient (Wildman–Crippen LogP) is 2.48. The molecule has 1 saturated carbocycles. The minimum Gasteiger partial charge on any atom is -0.488 e. The van der Waals surface area contributed by atoms with Gasteiger partial charge >= 0.3 is 0 Å². The summed E-state index contributed by atoms with van der Waals surface area (Å²) in [6.07, 6.45) is 3.86. The fraction of sp³-hybridized carbons (Fsp3) is 0.583. The maximum Gasteiger partial charge on any atom is 0.125 e. The summed E-state index contributed by atoms with van der Waals surface area (Å²) in [4.78, 5) is 9.13. The van der Waals surface area contributed by atoms with Gasteiger partial charge in [-0.05, 0) is 51.8 Å². The number of rotatable bonds is 8. The molecule has 0 bridgehead atoms. The number of benzene rings is 1. The molecular formula is C24H38N6O2. The van der Waals surface area contributed by atoms with Crippen LogP contribution in [-0.4, -0.2) is 79.4 Å². The van der Waals surface area contributed by atoms with Gasteiger partial charge in [-0.3, -0.25) is 15.3 Å². The van der Waals surface area contributed by atoms with Crippen LogP contribution >= 0.6 is 0 Å². The van der Waals surface area contributed by atoms with Gasteiger partial charge in [0.05, 0.1) is 18.0 Å². The van der Waals surface area contributed by atoms with E-state index >= 15 is 0 Å². The highest BCUT2D eigenvalue weighted by molar-refractivity contribution is 6.15. The number of nitrogens with one attached hydrogen (secondary N) is 1. The average Bonchev–Trinajstić information content (AvgIpc) is 3.49. The van der Waals surface area contributed by atoms with Crippen LogP contribution in [0.5, 0.6) is 5.75 Å². The van der Waals surface area contributed by atoms with Gasteiger partial charge in [0, 0.05) is 63.2 Å². The lowest BCUT2D eigenvalue weighted by atomic mass is 10.0. The molecule has 1 aromatic rings. The van der Waals surface area contributed by atoms with Crippen LogP contribution in [0.4, 0.5) is 5.69 Å². The lowest BCUT2D eigenvalue weighted by Crippen LogP contribution is -2.56. The van der Waals surface area contributed by atoms with E-state index in [-0.39, 0.29) is 11.3 Å². The molecule has 2 aliphatic rings. The number of hydrogen-bond acceptors (Lipinski definition) is 7. The van der Waals surface area contributed by atoms with Crippen molar-refractivity contribution in [2.24, 2.45) is 10.7 Å². The molecule has 0 aromatic heterocycles. The Labute approximate surface area is 191 Å². The van der Waals surface area contributed by atoms with Gasteiger partial charge in [0.1, 0.15) is 17.2 Å². The van der Waals surface area contributed by atoms with Crippen LogP contribution in [0, 0.1) is 5.41 Å². The summed E-state index contributed by atoms with van der Waals surface area (Å²) in [7, 11) is 3.50. The van der Waals surface area contributed by atoms with Crippen molar-refractivity contribution in [1.82, 2.24) is 9.80 Å². The largest absolute Gasteiger partial charge is 0.488 e. The first kappa shape index (κ1) is 24.1. The number of aliphatic imine (C=N–C) groups is 1. The highest BCUT2D eigenvalue weighted by atomic mass is 16.5. The second-order valence-electron chi connectivity index (χ2n) is 9.19. The van der Waals surface area contributed by atoms with E-state index in [9.17, 15) is 0 Å². The van der Waals surface area contributed by atoms with Crippen LogP contribution < -0.4 is 16.2 Å². The number of allylic oxidation sites excluding steroid dienone is 1. The Morgan fingerprint density at radius 3 is 2.69 bits per heavy atom. The number of nitrogens with two attached hydrogens (primary N) is 2. The van der Waals surface area contributed by atoms with Crippen molar-refractivity contribution in [2.75, 3.05) is 46.1 Å². The first-order chi connectivity index (χ1) is 15.2. The van der Waals surface area contributed by atoms with E-state index in [4.69, 9.17) is 26.4 Å². The number of nitrogens with zero attached hydrogens (tertiary/aromatic N) is 3. The zero-order valence-electron chi connectivity index (χ0n) is 20.0. The van der Waals surface area contributed by atoms with Crippen molar-refractivity contribution in [3.63, 3.8) is 0 Å². The van der Waals surface area contributed by atoms with Gasteiger partial charge in [-0.2, -0.15) is 0 Å². The molecule has 1 unspecified atom stereocenters. The van der Waals surface area contributed by atoms with Crippen molar-refractivity contribution < 1.29 is 9.47 Å². The van der Waals surface area contributed by atoms with Gasteiger partial charge in [0.2, 0.25) is 0 Å². The lowest BCUT2D eigenvalue weighted by Gasteiger charge is -2.43. The van der Waals surface area contributed by atoms with E-state index in [2.05, 4.69) is 35.6 Å². The van der Waals surface area contributed by atoms with Crippen molar-refractivity contribution in [1.29, 1.82) is 5.41 Å². The number of hydrogen-bond donors (Lipinski definition) is 3. The van der Waals surface area contributed by atoms with Crippen molar-refractivity contribution >= 4 is 17.2 Å². The highest BCUT2D eigenvalue weighted by Gasteiger charge is 2.40. The smallest absolute Gasteiger partial charge is 0.125 e. The number of methoxy groups -OCH3 is 1. The summed E-state index contributed by atoms with van der Waals surface area (Å²) in [5.41, 5.74) is 14.0. The molecule has 8 heteroatoms. The van der Waals surface area contributed by atoms with E-state index in [1.807, 2.05) is 12.1 Å². The summed E-state index contributed by atoms with van der Waals surface area (Å²) in [6.45, 7) is 9.80. The molecule has 0 spiro atoms. The molecule has 5 N–H and O–H groups in total. The Morgan fingerprint density at radius 2 is 2.09 bits per heavy atom. The average molecular weight is 443 g/mol. The zero-order valence-corrected chi connectivity index (χ0v) is 20.0. The fourth-order valence-electron chi connectivity index (χ4n) is 4.21. The molecule has 0 radical (unpaired) electrons. The van der Waals surface area contributed by atoms with Crippen LogP contribution in [0.1, 0.15) is 39.2 Å². The minimum atomic E-state index is -0.0986. The zero-order chi connectivity index (χ0) is 23.5. The Balaban J connectivity index is 1.71. The molecular weight excluding hydrogens is 404 g/mol. The Hall–Kier alpha value is -2.58. The number of piperazine rings is 1. The van der Waals surface area contributed by atoms with Crippen LogP contribution in [-0.2, 0) is 4.74 Å². The van der Waals surface area contributed by atoms with E-state index in [0.717, 1.165) is 38.3 Å². The Kier molecular flexibility index (Phi) is 7.46. The molecule has 8 nitrogen and oxygen atoms in total. The number of nitrogen functional groups attached to an aromatic ring is 1. The minimum absolute atomic E-state index is 0.0986. The van der Waals surface area contributed by atoms with Gasteiger partial charge in [-0.15, -0.1) is 0 Å². The van der Waals surface area contributed by atoms with Gasteiger partial charge in [-0.25, -0.2) is 0 Å². The second kappa shape index (κ2) is 9.92. The first-order valence-electron chi connectivity index (χ1n) is 11.3. The molecule has 1 aliphatic carbocycles. The molecule has 1 aromatic carbocycles. The van der Waals surface area contributed by atoms with E-state index in [1.54, 1.807) is 26.3 Å². The lowest BCUT2D eigenvalue weighted by molar-refractivity contribution is 0.0411. The van der Waals surface area contributed by atoms with Crippen LogP contribution in [0.2, 0.25) is 0 Å². The molecule has 1 aliphatic heterocycles. The Bertz CT molecular complexity index is 892. The molecule has 176 valence electrons. The second-order valence-corrected chi connectivity index (χ2v) is 9.19. The summed E-state index contributed by atoms with van der Waals surface area (Å²) >= 11 is 0. The molecule has 32 heavy (non-hydrogen) atoms. The van der Waals surface area contributed by atoms with Crippen LogP contribution in [0.3, 0.4) is 0 Å². The third kappa shape index (κ3) is 5.61. The third-order valence-corrected chi connectivity index (χ3v) is 6.39. The van der Waals surface area contributed by atoms with Gasteiger partial charge < -0.3 is 25.8 Å². The topological polar surface area (TPSA) is 113 Å². The summed E-state index contributed by atoms with van der Waals surface area (Å²) in [5.74, 6) is 1.49. The number of amidine groups is 1. The van der Waals surface area contributed by atoms with Crippen molar-refractivity contribution in [2.45, 2.75) is 51.3 Å². The maximum absolute atomic E-state index is 8.65. The number of ether oxygens (including phenoxy) is 2. The standard InChI is InChI=1S/C24H38N6O2/c1-16-14-29(10-11-30(16)17(2)15-31-5)22(28-4)13-21(26)23(27)19-12-18(6-7-20(19)25)32-24(3)8-9-24/h6-7,12-13,16-17,27H,8-11,14-15,25-26H2,1-5H3/b21-13-,27-23?,28-22+/t16-,17?/m1/s1. The van der Waals surface area contributed by atoms with E-state index < -0.39 is 0 Å². The predicted molar refractivity (Wildman–Crippen MR) is 131 cm³/mol. The van der Waals surface area contributed by atoms with Crippen LogP contribution in [0.25, 0.3) is 0 Å². The highest BCUT2D eigenvalue weighted by Crippen LogP contribution is 2.40.